The zero-order valence-electron chi connectivity index (χ0n) is 10.4. The molecule has 0 aromatic heterocycles. The molecular formula is C15H26. The highest BCUT2D eigenvalue weighted by Gasteiger charge is 2.46. The van der Waals surface area contributed by atoms with Crippen molar-refractivity contribution in [2.24, 2.45) is 35.5 Å². The lowest BCUT2D eigenvalue weighted by Crippen LogP contribution is -2.29. The Labute approximate surface area is 94.8 Å². The van der Waals surface area contributed by atoms with Gasteiger partial charge in [-0.15, -0.1) is 0 Å². The smallest absolute Gasteiger partial charge is 0.0352 e. The lowest BCUT2D eigenvalue weighted by Gasteiger charge is -2.38. The summed E-state index contributed by atoms with van der Waals surface area (Å²) in [5.74, 6) is 6.58. The normalized spacial score (nSPS) is 54.8. The van der Waals surface area contributed by atoms with E-state index in [1.54, 1.807) is 32.1 Å². The minimum absolute atomic E-state index is 1.01. The summed E-state index contributed by atoms with van der Waals surface area (Å²) in [5.41, 5.74) is 0. The molecule has 0 aromatic rings. The van der Waals surface area contributed by atoms with E-state index in [9.17, 15) is 0 Å². The molecule has 0 nitrogen and oxygen atoms in total. The van der Waals surface area contributed by atoms with Crippen LogP contribution >= 0.6 is 0 Å². The van der Waals surface area contributed by atoms with Gasteiger partial charge in [-0.3, -0.25) is 0 Å². The molecule has 3 saturated carbocycles. The molecule has 15 heavy (non-hydrogen) atoms. The van der Waals surface area contributed by atoms with Crippen molar-refractivity contribution in [3.05, 3.63) is 0 Å². The monoisotopic (exact) mass is 206 g/mol. The largest absolute Gasteiger partial charge is 0.0622 e. The Bertz CT molecular complexity index is 232. The first kappa shape index (κ1) is 10.2. The van der Waals surface area contributed by atoms with E-state index in [1.807, 2.05) is 0 Å². The predicted octanol–water partition coefficient (Wildman–Crippen LogP) is 4.49. The molecule has 0 aliphatic heterocycles. The quantitative estimate of drug-likeness (QED) is 0.547. The second-order valence-electron chi connectivity index (χ2n) is 6.79. The van der Waals surface area contributed by atoms with E-state index in [4.69, 9.17) is 0 Å². The SMILES string of the molecule is CC1CC2CC3CCCCC3C2CC1C. The Balaban J connectivity index is 1.76. The van der Waals surface area contributed by atoms with Gasteiger partial charge in [-0.25, -0.2) is 0 Å². The number of rotatable bonds is 0. The third-order valence-electron chi connectivity index (χ3n) is 6.02. The Hall–Kier alpha value is 0. The van der Waals surface area contributed by atoms with Gasteiger partial charge < -0.3 is 0 Å². The van der Waals surface area contributed by atoms with E-state index in [2.05, 4.69) is 13.8 Å². The summed E-state index contributed by atoms with van der Waals surface area (Å²) < 4.78 is 0. The molecule has 0 radical (unpaired) electrons. The molecule has 3 rings (SSSR count). The first-order valence-corrected chi connectivity index (χ1v) is 7.25. The van der Waals surface area contributed by atoms with E-state index < -0.39 is 0 Å². The van der Waals surface area contributed by atoms with Crippen LogP contribution in [0.5, 0.6) is 0 Å². The van der Waals surface area contributed by atoms with E-state index in [1.165, 1.54) is 12.8 Å². The van der Waals surface area contributed by atoms with Gasteiger partial charge in [0.2, 0.25) is 0 Å². The molecule has 3 fully saturated rings. The summed E-state index contributed by atoms with van der Waals surface area (Å²) in [7, 11) is 0. The lowest BCUT2D eigenvalue weighted by atomic mass is 9.67. The van der Waals surface area contributed by atoms with Crippen LogP contribution in [0.4, 0.5) is 0 Å². The van der Waals surface area contributed by atoms with Crippen LogP contribution in [0.25, 0.3) is 0 Å². The number of hydrogen-bond donors (Lipinski definition) is 0. The van der Waals surface area contributed by atoms with Crippen LogP contribution in [0.1, 0.15) is 58.8 Å². The van der Waals surface area contributed by atoms with Gasteiger partial charge in [-0.2, -0.15) is 0 Å². The first-order chi connectivity index (χ1) is 7.25. The molecule has 0 saturated heterocycles. The van der Waals surface area contributed by atoms with Gasteiger partial charge in [0.05, 0.1) is 0 Å². The van der Waals surface area contributed by atoms with Crippen molar-refractivity contribution in [1.82, 2.24) is 0 Å². The van der Waals surface area contributed by atoms with Gasteiger partial charge in [0.15, 0.2) is 0 Å². The summed E-state index contributed by atoms with van der Waals surface area (Å²) in [6.45, 7) is 4.99. The topological polar surface area (TPSA) is 0 Å². The minimum Gasteiger partial charge on any atom is -0.0622 e. The zero-order chi connectivity index (χ0) is 10.4. The Morgan fingerprint density at radius 3 is 2.27 bits per heavy atom. The molecule has 0 amide bonds. The van der Waals surface area contributed by atoms with Crippen molar-refractivity contribution in [1.29, 1.82) is 0 Å². The van der Waals surface area contributed by atoms with Gasteiger partial charge in [0, 0.05) is 0 Å². The second kappa shape index (κ2) is 3.79. The molecule has 6 atom stereocenters. The third kappa shape index (κ3) is 1.65. The molecule has 0 heterocycles. The van der Waals surface area contributed by atoms with Crippen molar-refractivity contribution in [2.75, 3.05) is 0 Å². The standard InChI is InChI=1S/C15H26/c1-10-7-13-9-12-5-3-4-6-14(12)15(13)8-11(10)2/h10-15H,3-9H2,1-2H3. The highest BCUT2D eigenvalue weighted by atomic mass is 14.5. The van der Waals surface area contributed by atoms with Crippen molar-refractivity contribution in [2.45, 2.75) is 58.8 Å². The van der Waals surface area contributed by atoms with E-state index >= 15 is 0 Å². The maximum Gasteiger partial charge on any atom is -0.0352 e. The van der Waals surface area contributed by atoms with Crippen LogP contribution in [0.2, 0.25) is 0 Å². The van der Waals surface area contributed by atoms with Gasteiger partial charge in [0.1, 0.15) is 0 Å². The van der Waals surface area contributed by atoms with Gasteiger partial charge in [0.25, 0.3) is 0 Å². The van der Waals surface area contributed by atoms with Crippen molar-refractivity contribution in [3.63, 3.8) is 0 Å². The van der Waals surface area contributed by atoms with E-state index in [0.717, 1.165) is 35.5 Å². The zero-order valence-corrected chi connectivity index (χ0v) is 10.4. The van der Waals surface area contributed by atoms with Crippen molar-refractivity contribution in [3.8, 4) is 0 Å². The summed E-state index contributed by atoms with van der Waals surface area (Å²) in [6, 6.07) is 0. The molecule has 0 N–H and O–H groups in total. The maximum absolute atomic E-state index is 2.50. The molecular weight excluding hydrogens is 180 g/mol. The maximum atomic E-state index is 2.50. The summed E-state index contributed by atoms with van der Waals surface area (Å²) in [6.07, 6.45) is 10.9. The summed E-state index contributed by atoms with van der Waals surface area (Å²) in [5, 5.41) is 0. The fourth-order valence-corrected chi connectivity index (χ4v) is 5.02. The average molecular weight is 206 g/mol. The highest BCUT2D eigenvalue weighted by Crippen LogP contribution is 2.56. The fourth-order valence-electron chi connectivity index (χ4n) is 5.02. The highest BCUT2D eigenvalue weighted by molar-refractivity contribution is 4.96. The molecule has 3 aliphatic carbocycles. The first-order valence-electron chi connectivity index (χ1n) is 7.25. The van der Waals surface area contributed by atoms with Gasteiger partial charge in [-0.05, 0) is 61.2 Å². The molecule has 6 unspecified atom stereocenters. The van der Waals surface area contributed by atoms with Crippen LogP contribution < -0.4 is 0 Å². The van der Waals surface area contributed by atoms with E-state index in [-0.39, 0.29) is 0 Å². The van der Waals surface area contributed by atoms with Gasteiger partial charge >= 0.3 is 0 Å². The van der Waals surface area contributed by atoms with Crippen LogP contribution in [0.3, 0.4) is 0 Å². The fraction of sp³-hybridized carbons (Fsp3) is 1.00. The summed E-state index contributed by atoms with van der Waals surface area (Å²) >= 11 is 0. The Kier molecular flexibility index (Phi) is 2.57. The van der Waals surface area contributed by atoms with Crippen LogP contribution in [0.15, 0.2) is 0 Å². The van der Waals surface area contributed by atoms with Crippen molar-refractivity contribution >= 4 is 0 Å². The van der Waals surface area contributed by atoms with Crippen LogP contribution in [-0.2, 0) is 0 Å². The third-order valence-corrected chi connectivity index (χ3v) is 6.02. The molecule has 3 aliphatic rings. The summed E-state index contributed by atoms with van der Waals surface area (Å²) in [4.78, 5) is 0. The van der Waals surface area contributed by atoms with E-state index in [0.29, 0.717) is 0 Å². The molecule has 0 spiro atoms. The molecule has 86 valence electrons. The van der Waals surface area contributed by atoms with Crippen LogP contribution in [0, 0.1) is 35.5 Å². The lowest BCUT2D eigenvalue weighted by molar-refractivity contribution is 0.116. The molecule has 0 bridgehead atoms. The Morgan fingerprint density at radius 1 is 0.667 bits per heavy atom. The average Bonchev–Trinajstić information content (AvgIpc) is 2.57. The van der Waals surface area contributed by atoms with Crippen LogP contribution in [-0.4, -0.2) is 0 Å². The van der Waals surface area contributed by atoms with Crippen molar-refractivity contribution < 1.29 is 0 Å². The molecule has 0 aromatic carbocycles. The second-order valence-corrected chi connectivity index (χ2v) is 6.79. The Morgan fingerprint density at radius 2 is 1.40 bits per heavy atom. The molecule has 0 heteroatoms. The van der Waals surface area contributed by atoms with Gasteiger partial charge in [-0.1, -0.05) is 33.1 Å². The predicted molar refractivity (Wildman–Crippen MR) is 64.6 cm³/mol. The number of hydrogen-bond acceptors (Lipinski definition) is 0. The minimum atomic E-state index is 1.01. The number of fused-ring (bicyclic) bond motifs is 3.